The molecule has 0 amide bonds. The first-order valence-electron chi connectivity index (χ1n) is 6.50. The average molecular weight is 315 g/mol. The molecule has 2 N–H and O–H groups in total. The molecular weight excluding hydrogens is 303 g/mol. The van der Waals surface area contributed by atoms with Crippen molar-refractivity contribution in [3.05, 3.63) is 64.6 Å². The molecule has 0 aliphatic heterocycles. The molecule has 0 aliphatic rings. The number of aromatic nitrogens is 2. The third-order valence-electron chi connectivity index (χ3n) is 3.24. The summed E-state index contributed by atoms with van der Waals surface area (Å²) in [7, 11) is -2.59. The van der Waals surface area contributed by atoms with Crippen molar-refractivity contribution in [3.8, 4) is 11.1 Å². The van der Waals surface area contributed by atoms with Crippen molar-refractivity contribution < 1.29 is 14.0 Å². The molecule has 1 atom stereocenters. The van der Waals surface area contributed by atoms with Crippen LogP contribution in [-0.2, 0) is 15.7 Å². The lowest BCUT2D eigenvalue weighted by molar-refractivity contribution is 0.272. The first-order valence-corrected chi connectivity index (χ1v) is 7.63. The molecule has 0 bridgehead atoms. The van der Waals surface area contributed by atoms with E-state index in [9.17, 15) is 9.36 Å². The van der Waals surface area contributed by atoms with Crippen LogP contribution < -0.4 is 5.56 Å². The van der Waals surface area contributed by atoms with Gasteiger partial charge in [-0.2, -0.15) is 0 Å². The van der Waals surface area contributed by atoms with Crippen LogP contribution in [0.5, 0.6) is 0 Å². The van der Waals surface area contributed by atoms with Gasteiger partial charge in [0.05, 0.1) is 0 Å². The third-order valence-corrected chi connectivity index (χ3v) is 3.59. The molecule has 0 saturated heterocycles. The second-order valence-corrected chi connectivity index (χ2v) is 5.39. The number of benzene rings is 1. The van der Waals surface area contributed by atoms with Gasteiger partial charge in [-0.25, -0.2) is 4.98 Å². The molecule has 3 rings (SSSR count). The van der Waals surface area contributed by atoms with Gasteiger partial charge >= 0.3 is 8.25 Å². The van der Waals surface area contributed by atoms with Gasteiger partial charge in [0.15, 0.2) is 0 Å². The van der Waals surface area contributed by atoms with Gasteiger partial charge < -0.3 is 4.98 Å². The van der Waals surface area contributed by atoms with E-state index in [0.29, 0.717) is 5.65 Å². The van der Waals surface area contributed by atoms with Crippen molar-refractivity contribution in [2.24, 2.45) is 0 Å². The molecule has 2 heterocycles. The molecule has 110 valence electrons. The van der Waals surface area contributed by atoms with Crippen LogP contribution in [0.2, 0.25) is 0 Å². The highest BCUT2D eigenvalue weighted by molar-refractivity contribution is 7.32. The van der Waals surface area contributed by atoms with Crippen LogP contribution in [0.3, 0.4) is 0 Å². The van der Waals surface area contributed by atoms with Crippen molar-refractivity contribution >= 4 is 19.3 Å². The van der Waals surface area contributed by atoms with E-state index in [1.54, 1.807) is 12.3 Å². The second-order valence-electron chi connectivity index (χ2n) is 4.65. The van der Waals surface area contributed by atoms with Crippen LogP contribution >= 0.6 is 8.25 Å². The van der Waals surface area contributed by atoms with E-state index in [1.807, 2.05) is 30.3 Å². The summed E-state index contributed by atoms with van der Waals surface area (Å²) in [6.45, 7) is 0.0798. The summed E-state index contributed by atoms with van der Waals surface area (Å²) < 4.78 is 15.2. The normalized spacial score (nSPS) is 11.6. The maximum absolute atomic E-state index is 11.3. The van der Waals surface area contributed by atoms with Gasteiger partial charge in [0, 0.05) is 22.2 Å². The molecule has 0 spiro atoms. The highest BCUT2D eigenvalue weighted by atomic mass is 31.1. The summed E-state index contributed by atoms with van der Waals surface area (Å²) in [4.78, 5) is 26.8. The Morgan fingerprint density at radius 3 is 2.64 bits per heavy atom. The molecule has 1 unspecified atom stereocenters. The zero-order chi connectivity index (χ0) is 15.5. The largest absolute Gasteiger partial charge is 0.695 e. The fourth-order valence-electron chi connectivity index (χ4n) is 2.22. The second kappa shape index (κ2) is 6.15. The molecule has 0 fully saturated rings. The van der Waals surface area contributed by atoms with Gasteiger partial charge in [-0.15, -0.1) is 9.42 Å². The number of H-pyrrole nitrogens is 1. The number of pyridine rings is 2. The summed E-state index contributed by atoms with van der Waals surface area (Å²) >= 11 is 0. The lowest BCUT2D eigenvalue weighted by Crippen LogP contribution is -2.03. The van der Waals surface area contributed by atoms with E-state index in [1.165, 1.54) is 6.07 Å². The van der Waals surface area contributed by atoms with Gasteiger partial charge in [0.25, 0.3) is 0 Å². The summed E-state index contributed by atoms with van der Waals surface area (Å²) in [6, 6.07) is 12.5. The SMILES string of the molecule is O=c1ccc2c(-c3ccc(CO[P+](=O)O)cc3)ccnc2[nH]1. The monoisotopic (exact) mass is 315 g/mol. The van der Waals surface area contributed by atoms with Gasteiger partial charge in [-0.1, -0.05) is 24.3 Å². The molecule has 0 saturated carbocycles. The minimum absolute atomic E-state index is 0.0798. The zero-order valence-electron chi connectivity index (χ0n) is 11.4. The van der Waals surface area contributed by atoms with Gasteiger partial charge in [0.2, 0.25) is 5.56 Å². The number of rotatable bonds is 4. The molecule has 0 radical (unpaired) electrons. The molecule has 2 aromatic heterocycles. The van der Waals surface area contributed by atoms with Crippen molar-refractivity contribution in [2.75, 3.05) is 0 Å². The lowest BCUT2D eigenvalue weighted by Gasteiger charge is -2.06. The fourth-order valence-corrected chi connectivity index (χ4v) is 2.48. The van der Waals surface area contributed by atoms with Crippen molar-refractivity contribution in [3.63, 3.8) is 0 Å². The van der Waals surface area contributed by atoms with E-state index in [0.717, 1.165) is 22.1 Å². The van der Waals surface area contributed by atoms with Crippen LogP contribution in [0.15, 0.2) is 53.5 Å². The van der Waals surface area contributed by atoms with E-state index in [4.69, 9.17) is 4.89 Å². The Balaban J connectivity index is 1.97. The summed E-state index contributed by atoms with van der Waals surface area (Å²) in [5.74, 6) is 0. The Labute approximate surface area is 126 Å². The van der Waals surface area contributed by atoms with Gasteiger partial charge in [-0.05, 0) is 28.8 Å². The van der Waals surface area contributed by atoms with E-state index in [2.05, 4.69) is 14.5 Å². The lowest BCUT2D eigenvalue weighted by atomic mass is 10.0. The smallest absolute Gasteiger partial charge is 0.307 e. The predicted octanol–water partition coefficient (Wildman–Crippen LogP) is 2.76. The maximum atomic E-state index is 11.3. The summed E-state index contributed by atoms with van der Waals surface area (Å²) in [6.07, 6.45) is 1.64. The van der Waals surface area contributed by atoms with Gasteiger partial charge in [0.1, 0.15) is 12.3 Å². The van der Waals surface area contributed by atoms with Crippen molar-refractivity contribution in [1.29, 1.82) is 0 Å². The topological polar surface area (TPSA) is 92.3 Å². The molecular formula is C15H12N2O4P+. The van der Waals surface area contributed by atoms with E-state index in [-0.39, 0.29) is 12.2 Å². The van der Waals surface area contributed by atoms with E-state index >= 15 is 0 Å². The van der Waals surface area contributed by atoms with Crippen LogP contribution in [0.25, 0.3) is 22.2 Å². The number of aromatic amines is 1. The summed E-state index contributed by atoms with van der Waals surface area (Å²) in [5, 5.41) is 0.851. The van der Waals surface area contributed by atoms with Crippen LogP contribution in [0.4, 0.5) is 0 Å². The fraction of sp³-hybridized carbons (Fsp3) is 0.0667. The Hall–Kier alpha value is -2.40. The molecule has 7 heteroatoms. The minimum atomic E-state index is -2.59. The summed E-state index contributed by atoms with van der Waals surface area (Å²) in [5.41, 5.74) is 3.05. The first-order chi connectivity index (χ1) is 10.6. The zero-order valence-corrected chi connectivity index (χ0v) is 12.3. The molecule has 3 aromatic rings. The van der Waals surface area contributed by atoms with Gasteiger partial charge in [-0.3, -0.25) is 4.79 Å². The van der Waals surface area contributed by atoms with E-state index < -0.39 is 8.25 Å². The van der Waals surface area contributed by atoms with Crippen LogP contribution in [-0.4, -0.2) is 14.9 Å². The quantitative estimate of drug-likeness (QED) is 0.722. The number of hydrogen-bond acceptors (Lipinski definition) is 4. The molecule has 1 aromatic carbocycles. The Kier molecular flexibility index (Phi) is 4.06. The Morgan fingerprint density at radius 2 is 1.91 bits per heavy atom. The molecule has 6 nitrogen and oxygen atoms in total. The van der Waals surface area contributed by atoms with Crippen molar-refractivity contribution in [2.45, 2.75) is 6.61 Å². The van der Waals surface area contributed by atoms with Crippen LogP contribution in [0, 0.1) is 0 Å². The Bertz CT molecular complexity index is 890. The minimum Gasteiger partial charge on any atom is -0.307 e. The van der Waals surface area contributed by atoms with Crippen molar-refractivity contribution in [1.82, 2.24) is 9.97 Å². The molecule has 0 aliphatic carbocycles. The molecule has 22 heavy (non-hydrogen) atoms. The maximum Gasteiger partial charge on any atom is 0.695 e. The number of hydrogen-bond donors (Lipinski definition) is 2. The highest BCUT2D eigenvalue weighted by Crippen LogP contribution is 2.27. The Morgan fingerprint density at radius 1 is 1.14 bits per heavy atom. The number of nitrogens with one attached hydrogen (secondary N) is 1. The standard InChI is InChI=1S/C15H11N2O4P/c18-14-6-5-13-12(7-8-16-15(13)17-14)11-3-1-10(2-4-11)9-21-22(19)20/h1-8H,9H2,(H-,16,17,18,19,20)/p+1. The highest BCUT2D eigenvalue weighted by Gasteiger charge is 2.12. The third kappa shape index (κ3) is 3.09. The van der Waals surface area contributed by atoms with Crippen LogP contribution in [0.1, 0.15) is 5.56 Å². The first kappa shape index (κ1) is 14.5. The number of nitrogens with zero attached hydrogens (tertiary/aromatic N) is 1. The average Bonchev–Trinajstić information content (AvgIpc) is 2.52. The number of fused-ring (bicyclic) bond motifs is 1. The predicted molar refractivity (Wildman–Crippen MR) is 82.4 cm³/mol.